The first-order valence-electron chi connectivity index (χ1n) is 6.58. The minimum Gasteiger partial charge on any atom is -0.492 e. The van der Waals surface area contributed by atoms with E-state index in [1.807, 2.05) is 31.2 Å². The summed E-state index contributed by atoms with van der Waals surface area (Å²) < 4.78 is 5.56. The van der Waals surface area contributed by atoms with Crippen LogP contribution in [-0.2, 0) is 0 Å². The molecule has 4 nitrogen and oxygen atoms in total. The van der Waals surface area contributed by atoms with Crippen molar-refractivity contribution in [2.45, 2.75) is 6.92 Å². The number of anilines is 1. The molecule has 0 fully saturated rings. The van der Waals surface area contributed by atoms with E-state index >= 15 is 0 Å². The lowest BCUT2D eigenvalue weighted by atomic mass is 10.2. The summed E-state index contributed by atoms with van der Waals surface area (Å²) in [7, 11) is 0. The molecule has 1 amide bonds. The standard InChI is InChI=1S/C16H17ClN2O2/c1-11-3-2-4-15(7-11)21-6-5-19-16(20)12-8-13(17)10-14(18)9-12/h2-4,7-10H,5-6,18H2,1H3,(H,19,20). The van der Waals surface area contributed by atoms with Gasteiger partial charge in [-0.15, -0.1) is 0 Å². The van der Waals surface area contributed by atoms with Gasteiger partial charge in [-0.05, 0) is 42.8 Å². The molecule has 0 saturated heterocycles. The Hall–Kier alpha value is -2.20. The fraction of sp³-hybridized carbons (Fsp3) is 0.188. The van der Waals surface area contributed by atoms with Gasteiger partial charge in [0, 0.05) is 16.3 Å². The lowest BCUT2D eigenvalue weighted by Gasteiger charge is -2.09. The number of ether oxygens (including phenoxy) is 1. The van der Waals surface area contributed by atoms with E-state index in [1.165, 1.54) is 0 Å². The second-order valence-electron chi connectivity index (χ2n) is 4.69. The van der Waals surface area contributed by atoms with E-state index < -0.39 is 0 Å². The number of nitrogens with two attached hydrogens (primary N) is 1. The molecule has 3 N–H and O–H groups in total. The molecule has 0 atom stereocenters. The number of benzene rings is 2. The summed E-state index contributed by atoms with van der Waals surface area (Å²) in [6, 6.07) is 12.5. The predicted octanol–water partition coefficient (Wildman–Crippen LogP) is 3.04. The Kier molecular flexibility index (Phi) is 5.06. The van der Waals surface area contributed by atoms with Gasteiger partial charge in [-0.3, -0.25) is 4.79 Å². The molecule has 2 aromatic rings. The lowest BCUT2D eigenvalue weighted by Crippen LogP contribution is -2.28. The number of aryl methyl sites for hydroxylation is 1. The Bertz CT molecular complexity index is 624. The lowest BCUT2D eigenvalue weighted by molar-refractivity contribution is 0.0947. The molecule has 0 saturated carbocycles. The first-order valence-corrected chi connectivity index (χ1v) is 6.96. The molecule has 5 heteroatoms. The third-order valence-corrected chi connectivity index (χ3v) is 3.05. The number of amides is 1. The molecule has 0 radical (unpaired) electrons. The number of carbonyl (C=O) groups excluding carboxylic acids is 1. The minimum atomic E-state index is -0.225. The quantitative estimate of drug-likeness (QED) is 0.659. The summed E-state index contributed by atoms with van der Waals surface area (Å²) in [6.07, 6.45) is 0. The Labute approximate surface area is 128 Å². The van der Waals surface area contributed by atoms with Crippen molar-refractivity contribution in [3.63, 3.8) is 0 Å². The zero-order valence-corrected chi connectivity index (χ0v) is 12.5. The van der Waals surface area contributed by atoms with Crippen molar-refractivity contribution in [1.29, 1.82) is 0 Å². The largest absolute Gasteiger partial charge is 0.492 e. The summed E-state index contributed by atoms with van der Waals surface area (Å²) in [4.78, 5) is 11.9. The molecule has 0 aliphatic rings. The van der Waals surface area contributed by atoms with Crippen molar-refractivity contribution >= 4 is 23.2 Å². The number of hydrogen-bond acceptors (Lipinski definition) is 3. The molecule has 2 rings (SSSR count). The highest BCUT2D eigenvalue weighted by Crippen LogP contribution is 2.16. The summed E-state index contributed by atoms with van der Waals surface area (Å²) >= 11 is 5.87. The molecule has 0 heterocycles. The molecule has 0 aliphatic heterocycles. The van der Waals surface area contributed by atoms with Gasteiger partial charge >= 0.3 is 0 Å². The van der Waals surface area contributed by atoms with Crippen molar-refractivity contribution in [3.05, 3.63) is 58.6 Å². The predicted molar refractivity (Wildman–Crippen MR) is 84.9 cm³/mol. The molecule has 0 aliphatic carbocycles. The van der Waals surface area contributed by atoms with Crippen LogP contribution >= 0.6 is 11.6 Å². The molecule has 0 spiro atoms. The van der Waals surface area contributed by atoms with Gasteiger partial charge in [-0.2, -0.15) is 0 Å². The van der Waals surface area contributed by atoms with Crippen LogP contribution in [0.3, 0.4) is 0 Å². The normalized spacial score (nSPS) is 10.2. The van der Waals surface area contributed by atoms with Crippen molar-refractivity contribution in [3.8, 4) is 5.75 Å². The van der Waals surface area contributed by atoms with E-state index in [2.05, 4.69) is 5.32 Å². The van der Waals surface area contributed by atoms with E-state index in [4.69, 9.17) is 22.1 Å². The van der Waals surface area contributed by atoms with Crippen LogP contribution in [0.1, 0.15) is 15.9 Å². The van der Waals surface area contributed by atoms with Crippen LogP contribution in [0, 0.1) is 6.92 Å². The second-order valence-corrected chi connectivity index (χ2v) is 5.13. The van der Waals surface area contributed by atoms with Crippen LogP contribution in [0.25, 0.3) is 0 Å². The van der Waals surface area contributed by atoms with Crippen LogP contribution < -0.4 is 15.8 Å². The molecule has 0 unspecified atom stereocenters. The maximum Gasteiger partial charge on any atom is 0.251 e. The average Bonchev–Trinajstić information content (AvgIpc) is 2.42. The highest BCUT2D eigenvalue weighted by Gasteiger charge is 2.07. The fourth-order valence-electron chi connectivity index (χ4n) is 1.88. The van der Waals surface area contributed by atoms with Gasteiger partial charge < -0.3 is 15.8 Å². The zero-order valence-electron chi connectivity index (χ0n) is 11.7. The molecular weight excluding hydrogens is 288 g/mol. The molecule has 0 aromatic heterocycles. The Morgan fingerprint density at radius 3 is 2.81 bits per heavy atom. The first kappa shape index (κ1) is 15.2. The topological polar surface area (TPSA) is 64.3 Å². The van der Waals surface area contributed by atoms with Gasteiger partial charge in [0.25, 0.3) is 5.91 Å². The van der Waals surface area contributed by atoms with Gasteiger partial charge in [-0.25, -0.2) is 0 Å². The van der Waals surface area contributed by atoms with Crippen molar-refractivity contribution in [1.82, 2.24) is 5.32 Å². The Balaban J connectivity index is 1.82. The van der Waals surface area contributed by atoms with E-state index in [0.717, 1.165) is 11.3 Å². The van der Waals surface area contributed by atoms with Crippen molar-refractivity contribution in [2.75, 3.05) is 18.9 Å². The highest BCUT2D eigenvalue weighted by atomic mass is 35.5. The number of nitrogens with one attached hydrogen (secondary N) is 1. The molecular formula is C16H17ClN2O2. The summed E-state index contributed by atoms with van der Waals surface area (Å²) in [5.41, 5.74) is 7.69. The van der Waals surface area contributed by atoms with E-state index in [1.54, 1.807) is 18.2 Å². The summed E-state index contributed by atoms with van der Waals surface area (Å²) in [6.45, 7) is 2.79. The fourth-order valence-corrected chi connectivity index (χ4v) is 2.13. The van der Waals surface area contributed by atoms with E-state index in [9.17, 15) is 4.79 Å². The maximum atomic E-state index is 11.9. The van der Waals surface area contributed by atoms with Crippen LogP contribution in [0.4, 0.5) is 5.69 Å². The average molecular weight is 305 g/mol. The third kappa shape index (κ3) is 4.68. The van der Waals surface area contributed by atoms with Crippen LogP contribution in [0.2, 0.25) is 5.02 Å². The van der Waals surface area contributed by atoms with Crippen molar-refractivity contribution < 1.29 is 9.53 Å². The van der Waals surface area contributed by atoms with Gasteiger partial charge in [0.05, 0.1) is 6.54 Å². The van der Waals surface area contributed by atoms with Gasteiger partial charge in [0.2, 0.25) is 0 Å². The number of carbonyl (C=O) groups is 1. The Morgan fingerprint density at radius 2 is 2.10 bits per heavy atom. The van der Waals surface area contributed by atoms with Crippen molar-refractivity contribution in [2.24, 2.45) is 0 Å². The van der Waals surface area contributed by atoms with Gasteiger partial charge in [0.15, 0.2) is 0 Å². The second kappa shape index (κ2) is 6.99. The van der Waals surface area contributed by atoms with Gasteiger partial charge in [-0.1, -0.05) is 23.7 Å². The highest BCUT2D eigenvalue weighted by molar-refractivity contribution is 6.31. The number of halogens is 1. The molecule has 110 valence electrons. The van der Waals surface area contributed by atoms with Crippen LogP contribution in [-0.4, -0.2) is 19.1 Å². The summed E-state index contributed by atoms with van der Waals surface area (Å²) in [5.74, 6) is 0.563. The molecule has 0 bridgehead atoms. The third-order valence-electron chi connectivity index (χ3n) is 2.83. The van der Waals surface area contributed by atoms with Gasteiger partial charge in [0.1, 0.15) is 12.4 Å². The number of rotatable bonds is 5. The number of nitrogen functional groups attached to an aromatic ring is 1. The smallest absolute Gasteiger partial charge is 0.251 e. The van der Waals surface area contributed by atoms with E-state index in [0.29, 0.717) is 29.4 Å². The summed E-state index contributed by atoms with van der Waals surface area (Å²) in [5, 5.41) is 3.20. The first-order chi connectivity index (χ1) is 10.0. The SMILES string of the molecule is Cc1cccc(OCCNC(=O)c2cc(N)cc(Cl)c2)c1. The minimum absolute atomic E-state index is 0.225. The maximum absolute atomic E-state index is 11.9. The van der Waals surface area contributed by atoms with Crippen LogP contribution in [0.15, 0.2) is 42.5 Å². The number of hydrogen-bond donors (Lipinski definition) is 2. The monoisotopic (exact) mass is 304 g/mol. The molecule has 21 heavy (non-hydrogen) atoms. The zero-order chi connectivity index (χ0) is 15.2. The van der Waals surface area contributed by atoms with Crippen LogP contribution in [0.5, 0.6) is 5.75 Å². The van der Waals surface area contributed by atoms with E-state index in [-0.39, 0.29) is 5.91 Å². The Morgan fingerprint density at radius 1 is 1.29 bits per heavy atom. The molecule has 2 aromatic carbocycles.